The molecule has 0 rings (SSSR count). The molecule has 1 nitrogen and oxygen atoms in total. The third-order valence-corrected chi connectivity index (χ3v) is 1.21. The van der Waals surface area contributed by atoms with Crippen LogP contribution in [0.5, 0.6) is 0 Å². The van der Waals surface area contributed by atoms with Crippen molar-refractivity contribution in [2.75, 3.05) is 5.75 Å². The SMILES string of the molecule is C=C([CH2+])CCCS[O-]. The van der Waals surface area contributed by atoms with Gasteiger partial charge >= 0.3 is 0 Å². The highest BCUT2D eigenvalue weighted by Crippen LogP contribution is 2.03. The summed E-state index contributed by atoms with van der Waals surface area (Å²) < 4.78 is 9.78. The molecule has 0 atom stereocenters. The maximum atomic E-state index is 9.78. The monoisotopic (exact) mass is 130 g/mol. The molecule has 46 valence electrons. The van der Waals surface area contributed by atoms with E-state index in [1.54, 1.807) is 0 Å². The van der Waals surface area contributed by atoms with Crippen LogP contribution in [-0.2, 0) is 0 Å². The molecule has 0 amide bonds. The Morgan fingerprint density at radius 1 is 1.75 bits per heavy atom. The minimum Gasteiger partial charge on any atom is -0.799 e. The van der Waals surface area contributed by atoms with Crippen LogP contribution >= 0.6 is 12.0 Å². The van der Waals surface area contributed by atoms with Gasteiger partial charge in [-0.15, -0.1) is 0 Å². The summed E-state index contributed by atoms with van der Waals surface area (Å²) >= 11 is 0.625. The molecule has 0 aromatic heterocycles. The first-order chi connectivity index (χ1) is 3.77. The van der Waals surface area contributed by atoms with Crippen LogP contribution in [0.1, 0.15) is 12.8 Å². The molecule has 0 aliphatic carbocycles. The molecule has 0 radical (unpaired) electrons. The van der Waals surface area contributed by atoms with Crippen LogP contribution in [0.3, 0.4) is 0 Å². The number of rotatable bonds is 4. The summed E-state index contributed by atoms with van der Waals surface area (Å²) in [4.78, 5) is 0. The van der Waals surface area contributed by atoms with E-state index in [2.05, 4.69) is 13.5 Å². The molecule has 0 bridgehead atoms. The number of allylic oxidation sites excluding steroid dienone is 1. The Morgan fingerprint density at radius 3 is 2.75 bits per heavy atom. The molecule has 0 aliphatic rings. The zero-order valence-electron chi connectivity index (χ0n) is 4.85. The molecule has 2 heteroatoms. The van der Waals surface area contributed by atoms with Gasteiger partial charge in [-0.25, -0.2) is 0 Å². The molecule has 0 saturated heterocycles. The standard InChI is InChI=1S/C6H10OS/c1-6(2)4-3-5-8-7/h1-5H2. The van der Waals surface area contributed by atoms with Gasteiger partial charge in [0.2, 0.25) is 0 Å². The average Bonchev–Trinajstić information content (AvgIpc) is 1.66. The van der Waals surface area contributed by atoms with Crippen LogP contribution in [0.4, 0.5) is 0 Å². The van der Waals surface area contributed by atoms with Crippen LogP contribution in [0, 0.1) is 6.92 Å². The minimum atomic E-state index is 0.625. The molecule has 0 aliphatic heterocycles. The van der Waals surface area contributed by atoms with E-state index in [-0.39, 0.29) is 0 Å². The minimum absolute atomic E-state index is 0.625. The van der Waals surface area contributed by atoms with Crippen molar-refractivity contribution >= 4 is 12.0 Å². The Balaban J connectivity index is 2.82. The van der Waals surface area contributed by atoms with Gasteiger partial charge in [-0.05, 0) is 12.2 Å². The van der Waals surface area contributed by atoms with Crippen LogP contribution in [0.25, 0.3) is 0 Å². The summed E-state index contributed by atoms with van der Waals surface area (Å²) in [6.07, 6.45) is 1.80. The summed E-state index contributed by atoms with van der Waals surface area (Å²) in [5.74, 6) is 0.675. The second-order valence-electron chi connectivity index (χ2n) is 1.68. The molecular formula is C6H10OS. The highest BCUT2D eigenvalue weighted by molar-refractivity contribution is 7.93. The maximum absolute atomic E-state index is 9.78. The Labute approximate surface area is 55.0 Å². The fourth-order valence-electron chi connectivity index (χ4n) is 0.381. The predicted octanol–water partition coefficient (Wildman–Crippen LogP) is 2.02. The third kappa shape index (κ3) is 5.92. The first kappa shape index (κ1) is 7.92. The van der Waals surface area contributed by atoms with E-state index < -0.39 is 0 Å². The Hall–Kier alpha value is -0.0800. The summed E-state index contributed by atoms with van der Waals surface area (Å²) in [7, 11) is 0. The molecule has 0 aromatic carbocycles. The molecule has 0 fully saturated rings. The van der Waals surface area contributed by atoms with Crippen LogP contribution in [0.15, 0.2) is 12.2 Å². The third-order valence-electron chi connectivity index (χ3n) is 0.758. The second-order valence-corrected chi connectivity index (χ2v) is 2.32. The topological polar surface area (TPSA) is 23.1 Å². The van der Waals surface area contributed by atoms with E-state index in [1.807, 2.05) is 0 Å². The largest absolute Gasteiger partial charge is 0.799 e. The van der Waals surface area contributed by atoms with Gasteiger partial charge in [0.05, 0.1) is 5.57 Å². The molecule has 8 heavy (non-hydrogen) atoms. The van der Waals surface area contributed by atoms with Crippen molar-refractivity contribution in [2.45, 2.75) is 12.8 Å². The summed E-state index contributed by atoms with van der Waals surface area (Å²) in [6, 6.07) is 0. The van der Waals surface area contributed by atoms with Crippen molar-refractivity contribution in [1.29, 1.82) is 0 Å². The highest BCUT2D eigenvalue weighted by atomic mass is 32.2. The van der Waals surface area contributed by atoms with Gasteiger partial charge in [0.15, 0.2) is 0 Å². The van der Waals surface area contributed by atoms with Crippen molar-refractivity contribution in [3.63, 3.8) is 0 Å². The van der Waals surface area contributed by atoms with Crippen molar-refractivity contribution in [3.8, 4) is 0 Å². The average molecular weight is 130 g/mol. The van der Waals surface area contributed by atoms with E-state index in [4.69, 9.17) is 0 Å². The van der Waals surface area contributed by atoms with E-state index in [9.17, 15) is 4.55 Å². The molecule has 0 spiro atoms. The normalized spacial score (nSPS) is 9.12. The quantitative estimate of drug-likeness (QED) is 0.330. The first-order valence-corrected chi connectivity index (χ1v) is 3.43. The number of hydrogen-bond donors (Lipinski definition) is 0. The lowest BCUT2D eigenvalue weighted by Gasteiger charge is -1.99. The lowest BCUT2D eigenvalue weighted by molar-refractivity contribution is 0.617. The Morgan fingerprint density at radius 2 is 2.38 bits per heavy atom. The van der Waals surface area contributed by atoms with E-state index in [1.165, 1.54) is 0 Å². The Kier molecular flexibility index (Phi) is 5.01. The van der Waals surface area contributed by atoms with Gasteiger partial charge in [0.1, 0.15) is 0 Å². The van der Waals surface area contributed by atoms with Gasteiger partial charge in [0.25, 0.3) is 0 Å². The van der Waals surface area contributed by atoms with Gasteiger partial charge in [-0.3, -0.25) is 12.0 Å². The van der Waals surface area contributed by atoms with E-state index in [0.717, 1.165) is 18.4 Å². The lowest BCUT2D eigenvalue weighted by atomic mass is 10.2. The first-order valence-electron chi connectivity index (χ1n) is 2.52. The molecule has 0 aromatic rings. The molecule has 0 N–H and O–H groups in total. The van der Waals surface area contributed by atoms with Crippen LogP contribution in [-0.4, -0.2) is 10.3 Å². The summed E-state index contributed by atoms with van der Waals surface area (Å²) in [5.41, 5.74) is 0.916. The van der Waals surface area contributed by atoms with E-state index in [0.29, 0.717) is 17.8 Å². The van der Waals surface area contributed by atoms with Crippen LogP contribution < -0.4 is 0 Å². The second kappa shape index (κ2) is 5.06. The summed E-state index contributed by atoms with van der Waals surface area (Å²) in [6.45, 7) is 7.21. The van der Waals surface area contributed by atoms with Crippen molar-refractivity contribution in [2.24, 2.45) is 0 Å². The predicted molar refractivity (Wildman–Crippen MR) is 37.0 cm³/mol. The Bertz CT molecular complexity index is 70.9. The fourth-order valence-corrected chi connectivity index (χ4v) is 0.643. The molecule has 0 unspecified atom stereocenters. The highest BCUT2D eigenvalue weighted by Gasteiger charge is 1.89. The maximum Gasteiger partial charge on any atom is 0.0964 e. The van der Waals surface area contributed by atoms with Crippen molar-refractivity contribution < 1.29 is 4.55 Å². The zero-order valence-corrected chi connectivity index (χ0v) is 5.67. The van der Waals surface area contributed by atoms with E-state index >= 15 is 0 Å². The van der Waals surface area contributed by atoms with Crippen molar-refractivity contribution in [3.05, 3.63) is 19.1 Å². The van der Waals surface area contributed by atoms with Gasteiger partial charge in [-0.1, -0.05) is 0 Å². The van der Waals surface area contributed by atoms with Gasteiger partial charge < -0.3 is 4.55 Å². The lowest BCUT2D eigenvalue weighted by Crippen LogP contribution is -1.79. The molecular weight excluding hydrogens is 120 g/mol. The van der Waals surface area contributed by atoms with Gasteiger partial charge in [-0.2, -0.15) is 0 Å². The zero-order chi connectivity index (χ0) is 6.41. The fraction of sp³-hybridized carbons (Fsp3) is 0.500. The van der Waals surface area contributed by atoms with Crippen molar-refractivity contribution in [1.82, 2.24) is 0 Å². The smallest absolute Gasteiger partial charge is 0.0964 e. The van der Waals surface area contributed by atoms with Crippen LogP contribution in [0.2, 0.25) is 0 Å². The molecule has 0 heterocycles. The number of hydrogen-bond acceptors (Lipinski definition) is 2. The van der Waals surface area contributed by atoms with Gasteiger partial charge in [0, 0.05) is 19.9 Å². The molecule has 0 saturated carbocycles. The summed E-state index contributed by atoms with van der Waals surface area (Å²) in [5, 5.41) is 0.